The molecule has 0 fully saturated rings. The molecule has 0 bridgehead atoms. The van der Waals surface area contributed by atoms with Crippen molar-refractivity contribution >= 4 is 11.5 Å². The summed E-state index contributed by atoms with van der Waals surface area (Å²) in [6, 6.07) is 4.71. The van der Waals surface area contributed by atoms with Gasteiger partial charge in [-0.05, 0) is 30.7 Å². The molecule has 0 unspecified atom stereocenters. The van der Waals surface area contributed by atoms with Gasteiger partial charge in [-0.3, -0.25) is 0 Å². The van der Waals surface area contributed by atoms with Gasteiger partial charge in [-0.2, -0.15) is 0 Å². The van der Waals surface area contributed by atoms with E-state index in [4.69, 9.17) is 5.73 Å². The van der Waals surface area contributed by atoms with Gasteiger partial charge in [0.1, 0.15) is 11.7 Å². The minimum absolute atomic E-state index is 0.209. The summed E-state index contributed by atoms with van der Waals surface area (Å²) in [4.78, 5) is 4.19. The average molecular weight is 194 g/mol. The van der Waals surface area contributed by atoms with Gasteiger partial charge < -0.3 is 5.73 Å². The second-order valence-corrected chi connectivity index (χ2v) is 3.62. The van der Waals surface area contributed by atoms with E-state index in [0.29, 0.717) is 17.1 Å². The Labute approximate surface area is 83.7 Å². The molecule has 0 saturated carbocycles. The van der Waals surface area contributed by atoms with E-state index in [0.717, 1.165) is 0 Å². The molecule has 0 radical (unpaired) electrons. The monoisotopic (exact) mass is 194 g/mol. The number of aliphatic imine (C=N–C) groups is 1. The molecule has 0 aromatic heterocycles. The number of hydrogen-bond acceptors (Lipinski definition) is 1. The number of aryl methyl sites for hydroxylation is 1. The van der Waals surface area contributed by atoms with Crippen LogP contribution < -0.4 is 5.73 Å². The third-order valence-corrected chi connectivity index (χ3v) is 1.99. The summed E-state index contributed by atoms with van der Waals surface area (Å²) in [7, 11) is 0. The van der Waals surface area contributed by atoms with Crippen LogP contribution in [0.2, 0.25) is 0 Å². The second-order valence-electron chi connectivity index (χ2n) is 3.62. The predicted octanol–water partition coefficient (Wildman–Crippen LogP) is 2.78. The molecule has 2 nitrogen and oxygen atoms in total. The fourth-order valence-corrected chi connectivity index (χ4v) is 0.977. The lowest BCUT2D eigenvalue weighted by atomic mass is 10.2. The van der Waals surface area contributed by atoms with E-state index in [-0.39, 0.29) is 11.7 Å². The van der Waals surface area contributed by atoms with Crippen LogP contribution in [0.25, 0.3) is 0 Å². The summed E-state index contributed by atoms with van der Waals surface area (Å²) in [6.07, 6.45) is 0. The Kier molecular flexibility index (Phi) is 3.23. The van der Waals surface area contributed by atoms with Crippen molar-refractivity contribution < 1.29 is 4.39 Å². The van der Waals surface area contributed by atoms with Gasteiger partial charge in [-0.15, -0.1) is 0 Å². The number of rotatable bonds is 2. The largest absolute Gasteiger partial charge is 0.387 e. The zero-order chi connectivity index (χ0) is 10.7. The normalized spacial score (nSPS) is 12.2. The van der Waals surface area contributed by atoms with Crippen LogP contribution in [0, 0.1) is 18.7 Å². The molecule has 0 spiro atoms. The lowest BCUT2D eigenvalue weighted by Crippen LogP contribution is -2.18. The molecule has 3 heteroatoms. The van der Waals surface area contributed by atoms with Crippen LogP contribution >= 0.6 is 0 Å². The molecule has 1 aromatic carbocycles. The standard InChI is InChI=1S/C11H15FN2/c1-7(2)11(13)14-9-4-5-10(12)8(3)6-9/h4-7H,1-3H3,(H2,13,14). The Morgan fingerprint density at radius 1 is 1.43 bits per heavy atom. The Bertz CT molecular complexity index is 356. The highest BCUT2D eigenvalue weighted by atomic mass is 19.1. The van der Waals surface area contributed by atoms with Gasteiger partial charge in [0.15, 0.2) is 0 Å². The van der Waals surface area contributed by atoms with Gasteiger partial charge in [0, 0.05) is 5.92 Å². The van der Waals surface area contributed by atoms with Gasteiger partial charge in [-0.25, -0.2) is 9.38 Å². The number of nitrogens with zero attached hydrogens (tertiary/aromatic N) is 1. The molecule has 1 aromatic rings. The lowest BCUT2D eigenvalue weighted by molar-refractivity contribution is 0.618. The minimum Gasteiger partial charge on any atom is -0.387 e. The fraction of sp³-hybridized carbons (Fsp3) is 0.364. The van der Waals surface area contributed by atoms with Gasteiger partial charge in [0.25, 0.3) is 0 Å². The number of halogens is 1. The maximum Gasteiger partial charge on any atom is 0.126 e. The first-order valence-corrected chi connectivity index (χ1v) is 4.61. The summed E-state index contributed by atoms with van der Waals surface area (Å²) >= 11 is 0. The van der Waals surface area contributed by atoms with Crippen LogP contribution in [0.5, 0.6) is 0 Å². The Morgan fingerprint density at radius 3 is 2.57 bits per heavy atom. The van der Waals surface area contributed by atoms with E-state index in [9.17, 15) is 4.39 Å². The fourth-order valence-electron chi connectivity index (χ4n) is 0.977. The number of nitrogens with two attached hydrogens (primary N) is 1. The van der Waals surface area contributed by atoms with E-state index >= 15 is 0 Å². The highest BCUT2D eigenvalue weighted by molar-refractivity contribution is 5.84. The predicted molar refractivity (Wildman–Crippen MR) is 57.3 cm³/mol. The summed E-state index contributed by atoms with van der Waals surface area (Å²) in [5.41, 5.74) is 6.98. The van der Waals surface area contributed by atoms with Crippen molar-refractivity contribution in [2.24, 2.45) is 16.6 Å². The van der Waals surface area contributed by atoms with Crippen molar-refractivity contribution in [3.8, 4) is 0 Å². The van der Waals surface area contributed by atoms with E-state index in [1.165, 1.54) is 6.07 Å². The zero-order valence-corrected chi connectivity index (χ0v) is 8.71. The van der Waals surface area contributed by atoms with Crippen LogP contribution in [0.3, 0.4) is 0 Å². The first-order valence-electron chi connectivity index (χ1n) is 4.61. The van der Waals surface area contributed by atoms with E-state index in [2.05, 4.69) is 4.99 Å². The molecule has 0 atom stereocenters. The summed E-state index contributed by atoms with van der Waals surface area (Å²) in [6.45, 7) is 5.64. The maximum absolute atomic E-state index is 12.9. The topological polar surface area (TPSA) is 38.4 Å². The van der Waals surface area contributed by atoms with Gasteiger partial charge in [0.05, 0.1) is 5.69 Å². The molecule has 0 aliphatic carbocycles. The summed E-state index contributed by atoms with van der Waals surface area (Å²) < 4.78 is 12.9. The smallest absolute Gasteiger partial charge is 0.126 e. The molecule has 0 amide bonds. The molecule has 0 aliphatic heterocycles. The van der Waals surface area contributed by atoms with Crippen molar-refractivity contribution in [3.05, 3.63) is 29.6 Å². The van der Waals surface area contributed by atoms with Crippen molar-refractivity contribution in [1.29, 1.82) is 0 Å². The molecular weight excluding hydrogens is 179 g/mol. The van der Waals surface area contributed by atoms with Crippen LogP contribution in [-0.2, 0) is 0 Å². The average Bonchev–Trinajstić information content (AvgIpc) is 2.11. The first kappa shape index (κ1) is 10.7. The second kappa shape index (κ2) is 4.22. The maximum atomic E-state index is 12.9. The van der Waals surface area contributed by atoms with Crippen molar-refractivity contribution in [2.75, 3.05) is 0 Å². The van der Waals surface area contributed by atoms with Crippen LogP contribution in [0.15, 0.2) is 23.2 Å². The van der Waals surface area contributed by atoms with Crippen molar-refractivity contribution in [2.45, 2.75) is 20.8 Å². The number of benzene rings is 1. The minimum atomic E-state index is -0.216. The highest BCUT2D eigenvalue weighted by Gasteiger charge is 2.01. The molecule has 0 heterocycles. The van der Waals surface area contributed by atoms with E-state index < -0.39 is 0 Å². The van der Waals surface area contributed by atoms with E-state index in [1.807, 2.05) is 13.8 Å². The first-order chi connectivity index (χ1) is 6.50. The van der Waals surface area contributed by atoms with Crippen LogP contribution in [-0.4, -0.2) is 5.84 Å². The van der Waals surface area contributed by atoms with Crippen LogP contribution in [0.4, 0.5) is 10.1 Å². The molecular formula is C11H15FN2. The van der Waals surface area contributed by atoms with Gasteiger partial charge in [0.2, 0.25) is 0 Å². The van der Waals surface area contributed by atoms with Crippen molar-refractivity contribution in [1.82, 2.24) is 0 Å². The van der Waals surface area contributed by atoms with Gasteiger partial charge in [-0.1, -0.05) is 13.8 Å². The molecule has 14 heavy (non-hydrogen) atoms. The Hall–Kier alpha value is -1.38. The molecule has 1 rings (SSSR count). The molecule has 2 N–H and O–H groups in total. The highest BCUT2D eigenvalue weighted by Crippen LogP contribution is 2.17. The SMILES string of the molecule is Cc1cc(N=C(N)C(C)C)ccc1F. The Balaban J connectivity index is 2.98. The van der Waals surface area contributed by atoms with Gasteiger partial charge >= 0.3 is 0 Å². The molecule has 76 valence electrons. The van der Waals surface area contributed by atoms with E-state index in [1.54, 1.807) is 19.1 Å². The van der Waals surface area contributed by atoms with Crippen molar-refractivity contribution in [3.63, 3.8) is 0 Å². The Morgan fingerprint density at radius 2 is 2.07 bits per heavy atom. The van der Waals surface area contributed by atoms with Crippen LogP contribution in [0.1, 0.15) is 19.4 Å². The quantitative estimate of drug-likeness (QED) is 0.570. The third-order valence-electron chi connectivity index (χ3n) is 1.99. The number of amidine groups is 1. The lowest BCUT2D eigenvalue weighted by Gasteiger charge is -2.04. The number of hydrogen-bond donors (Lipinski definition) is 1. The molecule has 0 saturated heterocycles. The molecule has 0 aliphatic rings. The summed E-state index contributed by atoms with van der Waals surface area (Å²) in [5, 5.41) is 0. The third kappa shape index (κ3) is 2.55. The summed E-state index contributed by atoms with van der Waals surface area (Å²) in [5.74, 6) is 0.559. The zero-order valence-electron chi connectivity index (χ0n) is 8.71.